The van der Waals surface area contributed by atoms with Crippen LogP contribution in [0, 0.1) is 0 Å². The molecule has 2 aromatic carbocycles. The van der Waals surface area contributed by atoms with Crippen molar-refractivity contribution in [3.63, 3.8) is 0 Å². The zero-order chi connectivity index (χ0) is 14.4. The van der Waals surface area contributed by atoms with E-state index in [0.29, 0.717) is 12.0 Å². The van der Waals surface area contributed by atoms with Gasteiger partial charge in [-0.05, 0) is 42.3 Å². The summed E-state index contributed by atoms with van der Waals surface area (Å²) in [4.78, 5) is 12.2. The predicted molar refractivity (Wildman–Crippen MR) is 81.3 cm³/mol. The van der Waals surface area contributed by atoms with Crippen molar-refractivity contribution in [1.29, 1.82) is 0 Å². The Morgan fingerprint density at radius 2 is 2.00 bits per heavy atom. The molecule has 0 atom stereocenters. The molecule has 0 spiro atoms. The lowest BCUT2D eigenvalue weighted by Crippen LogP contribution is -2.13. The fraction of sp³-hybridized carbons (Fsp3) is 0.118. The fourth-order valence-electron chi connectivity index (χ4n) is 1.93. The van der Waals surface area contributed by atoms with Crippen molar-refractivity contribution in [2.45, 2.75) is 6.42 Å². The number of nitrogens with one attached hydrogen (secondary N) is 1. The van der Waals surface area contributed by atoms with Gasteiger partial charge in [0.2, 0.25) is 0 Å². The number of hydrogen-bond donors (Lipinski definition) is 1. The molecule has 3 heteroatoms. The first-order valence-electron chi connectivity index (χ1n) is 6.39. The molecule has 0 heterocycles. The Morgan fingerprint density at radius 3 is 2.65 bits per heavy atom. The Morgan fingerprint density at radius 1 is 1.25 bits per heavy atom. The Labute approximate surface area is 118 Å². The van der Waals surface area contributed by atoms with Gasteiger partial charge < -0.3 is 10.1 Å². The first-order chi connectivity index (χ1) is 9.74. The van der Waals surface area contributed by atoms with Crippen LogP contribution in [0.3, 0.4) is 0 Å². The Kier molecular flexibility index (Phi) is 4.56. The van der Waals surface area contributed by atoms with E-state index < -0.39 is 0 Å². The average Bonchev–Trinajstić information content (AvgIpc) is 2.50. The molecule has 1 amide bonds. The summed E-state index contributed by atoms with van der Waals surface area (Å²) in [6.07, 6.45) is 2.47. The highest BCUT2D eigenvalue weighted by Gasteiger charge is 2.09. The summed E-state index contributed by atoms with van der Waals surface area (Å²) in [6.45, 7) is 3.74. The third kappa shape index (κ3) is 3.26. The van der Waals surface area contributed by atoms with Crippen LogP contribution in [0.15, 0.2) is 61.2 Å². The molecule has 20 heavy (non-hydrogen) atoms. The zero-order valence-electron chi connectivity index (χ0n) is 11.4. The number of amides is 1. The number of hydrogen-bond acceptors (Lipinski definition) is 2. The molecule has 0 unspecified atom stereocenters. The minimum absolute atomic E-state index is 0.124. The number of methoxy groups -OCH3 is 1. The highest BCUT2D eigenvalue weighted by molar-refractivity contribution is 6.04. The molecule has 0 aromatic heterocycles. The third-order valence-corrected chi connectivity index (χ3v) is 2.96. The molecule has 0 aliphatic heterocycles. The maximum Gasteiger partial charge on any atom is 0.255 e. The second-order valence-electron chi connectivity index (χ2n) is 4.34. The number of ether oxygens (including phenoxy) is 1. The van der Waals surface area contributed by atoms with Gasteiger partial charge in [0.05, 0.1) is 7.11 Å². The Bertz CT molecular complexity index is 606. The molecule has 0 saturated heterocycles. The summed E-state index contributed by atoms with van der Waals surface area (Å²) >= 11 is 0. The number of rotatable bonds is 5. The van der Waals surface area contributed by atoms with Crippen molar-refractivity contribution < 1.29 is 9.53 Å². The van der Waals surface area contributed by atoms with E-state index in [4.69, 9.17) is 4.74 Å². The summed E-state index contributed by atoms with van der Waals surface area (Å²) in [5, 5.41) is 2.92. The summed E-state index contributed by atoms with van der Waals surface area (Å²) in [5.74, 6) is 0.639. The van der Waals surface area contributed by atoms with Crippen LogP contribution < -0.4 is 10.1 Å². The summed E-state index contributed by atoms with van der Waals surface area (Å²) in [7, 11) is 1.62. The van der Waals surface area contributed by atoms with Crippen LogP contribution >= 0.6 is 0 Å². The highest BCUT2D eigenvalue weighted by Crippen LogP contribution is 2.23. The molecule has 0 fully saturated rings. The molecular formula is C17H17NO2. The lowest BCUT2D eigenvalue weighted by molar-refractivity contribution is 0.102. The average molecular weight is 267 g/mol. The molecule has 0 radical (unpaired) electrons. The number of carbonyl (C=O) groups is 1. The van der Waals surface area contributed by atoms with Crippen LogP contribution in [0.2, 0.25) is 0 Å². The standard InChI is InChI=1S/C17H17NO2/c1-3-7-14-12-15(20-2)10-11-16(14)18-17(19)13-8-5-4-6-9-13/h3-6,8-12H,1,7H2,2H3,(H,18,19). The summed E-state index contributed by atoms with van der Waals surface area (Å²) in [6, 6.07) is 14.7. The van der Waals surface area contributed by atoms with Crippen LogP contribution in [0.5, 0.6) is 5.75 Å². The van der Waals surface area contributed by atoms with Gasteiger partial charge in [-0.25, -0.2) is 0 Å². The van der Waals surface area contributed by atoms with Crippen LogP contribution in [0.25, 0.3) is 0 Å². The van der Waals surface area contributed by atoms with Crippen LogP contribution in [-0.4, -0.2) is 13.0 Å². The fourth-order valence-corrected chi connectivity index (χ4v) is 1.93. The van der Waals surface area contributed by atoms with E-state index in [2.05, 4.69) is 11.9 Å². The van der Waals surface area contributed by atoms with Crippen molar-refractivity contribution in [2.24, 2.45) is 0 Å². The largest absolute Gasteiger partial charge is 0.497 e. The second kappa shape index (κ2) is 6.57. The second-order valence-corrected chi connectivity index (χ2v) is 4.34. The van der Waals surface area contributed by atoms with Gasteiger partial charge in [-0.15, -0.1) is 6.58 Å². The minimum Gasteiger partial charge on any atom is -0.497 e. The molecule has 2 aromatic rings. The third-order valence-electron chi connectivity index (χ3n) is 2.96. The molecule has 0 saturated carbocycles. The minimum atomic E-state index is -0.124. The number of carbonyl (C=O) groups excluding carboxylic acids is 1. The van der Waals surface area contributed by atoms with Crippen LogP contribution in [0.1, 0.15) is 15.9 Å². The quantitative estimate of drug-likeness (QED) is 0.839. The highest BCUT2D eigenvalue weighted by atomic mass is 16.5. The van der Waals surface area contributed by atoms with E-state index in [1.165, 1.54) is 0 Å². The lowest BCUT2D eigenvalue weighted by Gasteiger charge is -2.11. The number of allylic oxidation sites excluding steroid dienone is 1. The van der Waals surface area contributed by atoms with Gasteiger partial charge in [0.1, 0.15) is 5.75 Å². The normalized spacial score (nSPS) is 9.85. The molecule has 1 N–H and O–H groups in total. The molecule has 0 aliphatic rings. The maximum atomic E-state index is 12.2. The van der Waals surface area contributed by atoms with E-state index in [-0.39, 0.29) is 5.91 Å². The van der Waals surface area contributed by atoms with Crippen molar-refractivity contribution in [3.05, 3.63) is 72.3 Å². The van der Waals surface area contributed by atoms with Crippen molar-refractivity contribution in [2.75, 3.05) is 12.4 Å². The van der Waals surface area contributed by atoms with Gasteiger partial charge in [-0.1, -0.05) is 24.3 Å². The van der Waals surface area contributed by atoms with Gasteiger partial charge in [-0.2, -0.15) is 0 Å². The molecule has 2 rings (SSSR count). The van der Waals surface area contributed by atoms with E-state index >= 15 is 0 Å². The zero-order valence-corrected chi connectivity index (χ0v) is 11.4. The van der Waals surface area contributed by atoms with E-state index in [9.17, 15) is 4.79 Å². The lowest BCUT2D eigenvalue weighted by atomic mass is 10.1. The van der Waals surface area contributed by atoms with Crippen LogP contribution in [0.4, 0.5) is 5.69 Å². The predicted octanol–water partition coefficient (Wildman–Crippen LogP) is 3.68. The first-order valence-corrected chi connectivity index (χ1v) is 6.39. The molecule has 0 bridgehead atoms. The van der Waals surface area contributed by atoms with Gasteiger partial charge in [-0.3, -0.25) is 4.79 Å². The van der Waals surface area contributed by atoms with E-state index in [1.54, 1.807) is 25.3 Å². The van der Waals surface area contributed by atoms with Gasteiger partial charge in [0.25, 0.3) is 5.91 Å². The Hall–Kier alpha value is -2.55. The molecule has 0 aliphatic carbocycles. The SMILES string of the molecule is C=CCc1cc(OC)ccc1NC(=O)c1ccccc1. The Balaban J connectivity index is 2.24. The van der Waals surface area contributed by atoms with Crippen molar-refractivity contribution in [3.8, 4) is 5.75 Å². The summed E-state index contributed by atoms with van der Waals surface area (Å²) in [5.41, 5.74) is 2.39. The van der Waals surface area contributed by atoms with Crippen molar-refractivity contribution >= 4 is 11.6 Å². The topological polar surface area (TPSA) is 38.3 Å². The van der Waals surface area contributed by atoms with Gasteiger partial charge >= 0.3 is 0 Å². The molecule has 3 nitrogen and oxygen atoms in total. The van der Waals surface area contributed by atoms with Crippen LogP contribution in [-0.2, 0) is 6.42 Å². The maximum absolute atomic E-state index is 12.2. The van der Waals surface area contributed by atoms with Crippen molar-refractivity contribution in [1.82, 2.24) is 0 Å². The molecule has 102 valence electrons. The number of benzene rings is 2. The summed E-state index contributed by atoms with van der Waals surface area (Å²) < 4.78 is 5.20. The monoisotopic (exact) mass is 267 g/mol. The first kappa shape index (κ1) is 13.9. The van der Waals surface area contributed by atoms with E-state index in [1.807, 2.05) is 36.4 Å². The van der Waals surface area contributed by atoms with E-state index in [0.717, 1.165) is 17.0 Å². The number of anilines is 1. The van der Waals surface area contributed by atoms with Gasteiger partial charge in [0.15, 0.2) is 0 Å². The molecular weight excluding hydrogens is 250 g/mol. The van der Waals surface area contributed by atoms with Gasteiger partial charge in [0, 0.05) is 11.3 Å². The smallest absolute Gasteiger partial charge is 0.255 e.